The molecule has 1 unspecified atom stereocenters. The third-order valence-electron chi connectivity index (χ3n) is 3.57. The predicted octanol–water partition coefficient (Wildman–Crippen LogP) is 1.77. The summed E-state index contributed by atoms with van der Waals surface area (Å²) in [7, 11) is 0. The first kappa shape index (κ1) is 13.3. The molecule has 100 valence electrons. The van der Waals surface area contributed by atoms with Gasteiger partial charge in [-0.05, 0) is 26.3 Å². The van der Waals surface area contributed by atoms with Gasteiger partial charge in [0.05, 0.1) is 12.7 Å². The van der Waals surface area contributed by atoms with Crippen molar-refractivity contribution in [3.63, 3.8) is 0 Å². The number of rotatable bonds is 3. The Morgan fingerprint density at radius 1 is 1.50 bits per heavy atom. The second kappa shape index (κ2) is 5.67. The summed E-state index contributed by atoms with van der Waals surface area (Å²) < 4.78 is 5.72. The zero-order chi connectivity index (χ0) is 13.1. The third-order valence-corrected chi connectivity index (χ3v) is 3.57. The van der Waals surface area contributed by atoms with Crippen LogP contribution in [0.5, 0.6) is 0 Å². The molecule has 1 aromatic rings. The Hall–Kier alpha value is -1.13. The van der Waals surface area contributed by atoms with E-state index in [9.17, 15) is 0 Å². The Morgan fingerprint density at radius 2 is 2.28 bits per heavy atom. The first-order valence-electron chi connectivity index (χ1n) is 6.69. The number of anilines is 1. The molecule has 0 radical (unpaired) electrons. The summed E-state index contributed by atoms with van der Waals surface area (Å²) in [6, 6.07) is 2.15. The number of nitrogens with zero attached hydrogens (tertiary/aromatic N) is 2. The molecule has 4 nitrogen and oxygen atoms in total. The average molecular weight is 249 g/mol. The van der Waals surface area contributed by atoms with Gasteiger partial charge in [-0.25, -0.2) is 0 Å². The summed E-state index contributed by atoms with van der Waals surface area (Å²) in [6.45, 7) is 9.47. The molecule has 2 rings (SSSR count). The van der Waals surface area contributed by atoms with Gasteiger partial charge in [-0.2, -0.15) is 0 Å². The molecule has 0 saturated carbocycles. The maximum absolute atomic E-state index is 5.88. The van der Waals surface area contributed by atoms with Gasteiger partial charge in [0.15, 0.2) is 0 Å². The lowest BCUT2D eigenvalue weighted by molar-refractivity contribution is 0.0383. The molecule has 1 aliphatic heterocycles. The fourth-order valence-electron chi connectivity index (χ4n) is 2.55. The van der Waals surface area contributed by atoms with Crippen LogP contribution in [0.2, 0.25) is 0 Å². The number of nitrogens with two attached hydrogens (primary N) is 1. The Balaban J connectivity index is 2.31. The number of ether oxygens (including phenoxy) is 1. The van der Waals surface area contributed by atoms with Crippen LogP contribution in [0.3, 0.4) is 0 Å². The number of morpholine rings is 1. The van der Waals surface area contributed by atoms with E-state index in [0.717, 1.165) is 43.1 Å². The van der Waals surface area contributed by atoms with Gasteiger partial charge < -0.3 is 15.4 Å². The van der Waals surface area contributed by atoms with Crippen LogP contribution in [0.15, 0.2) is 6.07 Å². The second-order valence-corrected chi connectivity index (χ2v) is 4.90. The van der Waals surface area contributed by atoms with Crippen LogP contribution in [-0.4, -0.2) is 30.8 Å². The summed E-state index contributed by atoms with van der Waals surface area (Å²) in [5.74, 6) is 0. The largest absolute Gasteiger partial charge is 0.375 e. The highest BCUT2D eigenvalue weighted by molar-refractivity contribution is 5.56. The van der Waals surface area contributed by atoms with Gasteiger partial charge in [-0.3, -0.25) is 4.98 Å². The van der Waals surface area contributed by atoms with Crippen molar-refractivity contribution < 1.29 is 4.74 Å². The zero-order valence-electron chi connectivity index (χ0n) is 11.6. The number of hydrogen-bond donors (Lipinski definition) is 1. The van der Waals surface area contributed by atoms with Crippen molar-refractivity contribution in [2.75, 3.05) is 24.6 Å². The van der Waals surface area contributed by atoms with Crippen LogP contribution in [0.25, 0.3) is 0 Å². The van der Waals surface area contributed by atoms with Crippen molar-refractivity contribution in [1.82, 2.24) is 4.98 Å². The normalized spacial score (nSPS) is 20.2. The zero-order valence-corrected chi connectivity index (χ0v) is 11.6. The molecular weight excluding hydrogens is 226 g/mol. The van der Waals surface area contributed by atoms with Crippen LogP contribution in [-0.2, 0) is 11.3 Å². The monoisotopic (exact) mass is 249 g/mol. The van der Waals surface area contributed by atoms with E-state index in [1.807, 2.05) is 13.8 Å². The number of pyridine rings is 1. The van der Waals surface area contributed by atoms with Gasteiger partial charge in [0.2, 0.25) is 0 Å². The van der Waals surface area contributed by atoms with Gasteiger partial charge in [0, 0.05) is 42.3 Å². The van der Waals surface area contributed by atoms with Crippen molar-refractivity contribution in [3.8, 4) is 0 Å². The number of aromatic nitrogens is 1. The van der Waals surface area contributed by atoms with Gasteiger partial charge >= 0.3 is 0 Å². The molecule has 4 heteroatoms. The summed E-state index contributed by atoms with van der Waals surface area (Å²) >= 11 is 0. The molecule has 1 aliphatic rings. The lowest BCUT2D eigenvalue weighted by atomic mass is 10.1. The molecule has 0 spiro atoms. The minimum Gasteiger partial charge on any atom is -0.375 e. The van der Waals surface area contributed by atoms with Crippen molar-refractivity contribution in [1.29, 1.82) is 0 Å². The second-order valence-electron chi connectivity index (χ2n) is 4.90. The van der Waals surface area contributed by atoms with Crippen LogP contribution < -0.4 is 10.6 Å². The summed E-state index contributed by atoms with van der Waals surface area (Å²) in [4.78, 5) is 6.89. The lowest BCUT2D eigenvalue weighted by Gasteiger charge is -2.35. The first-order chi connectivity index (χ1) is 8.65. The van der Waals surface area contributed by atoms with Crippen molar-refractivity contribution in [3.05, 3.63) is 23.0 Å². The Kier molecular flexibility index (Phi) is 4.19. The molecule has 0 amide bonds. The van der Waals surface area contributed by atoms with Gasteiger partial charge in [-0.15, -0.1) is 0 Å². The molecule has 1 atom stereocenters. The molecule has 2 N–H and O–H groups in total. The average Bonchev–Trinajstić information content (AvgIpc) is 2.38. The minimum absolute atomic E-state index is 0.332. The molecule has 1 saturated heterocycles. The van der Waals surface area contributed by atoms with E-state index >= 15 is 0 Å². The van der Waals surface area contributed by atoms with E-state index in [2.05, 4.69) is 22.9 Å². The fraction of sp³-hybridized carbons (Fsp3) is 0.643. The van der Waals surface area contributed by atoms with E-state index < -0.39 is 0 Å². The predicted molar refractivity (Wildman–Crippen MR) is 73.8 cm³/mol. The maximum atomic E-state index is 5.88. The molecule has 1 fully saturated rings. The summed E-state index contributed by atoms with van der Waals surface area (Å²) in [5, 5.41) is 0. The van der Waals surface area contributed by atoms with Crippen LogP contribution in [0, 0.1) is 13.8 Å². The highest BCUT2D eigenvalue weighted by Gasteiger charge is 2.22. The molecule has 0 aromatic carbocycles. The Bertz CT molecular complexity index is 420. The van der Waals surface area contributed by atoms with Crippen molar-refractivity contribution >= 4 is 5.69 Å². The maximum Gasteiger partial charge on any atom is 0.0748 e. The van der Waals surface area contributed by atoms with Gasteiger partial charge in [0.25, 0.3) is 0 Å². The number of hydrogen-bond acceptors (Lipinski definition) is 4. The molecular formula is C14H23N3O. The van der Waals surface area contributed by atoms with Crippen LogP contribution in [0.1, 0.15) is 30.3 Å². The third kappa shape index (κ3) is 2.65. The van der Waals surface area contributed by atoms with Crippen LogP contribution in [0.4, 0.5) is 5.69 Å². The summed E-state index contributed by atoms with van der Waals surface area (Å²) in [6.07, 6.45) is 1.38. The Labute approximate surface area is 109 Å². The molecule has 18 heavy (non-hydrogen) atoms. The minimum atomic E-state index is 0.332. The topological polar surface area (TPSA) is 51.4 Å². The lowest BCUT2D eigenvalue weighted by Crippen LogP contribution is -2.42. The van der Waals surface area contributed by atoms with Crippen molar-refractivity contribution in [2.45, 2.75) is 39.8 Å². The van der Waals surface area contributed by atoms with Crippen LogP contribution >= 0.6 is 0 Å². The van der Waals surface area contributed by atoms with E-state index in [1.165, 1.54) is 5.69 Å². The molecule has 2 heterocycles. The highest BCUT2D eigenvalue weighted by atomic mass is 16.5. The van der Waals surface area contributed by atoms with Crippen molar-refractivity contribution in [2.24, 2.45) is 5.73 Å². The quantitative estimate of drug-likeness (QED) is 0.887. The molecule has 1 aromatic heterocycles. The molecule has 0 bridgehead atoms. The first-order valence-corrected chi connectivity index (χ1v) is 6.69. The highest BCUT2D eigenvalue weighted by Crippen LogP contribution is 2.25. The summed E-state index contributed by atoms with van der Waals surface area (Å²) in [5.41, 5.74) is 10.4. The van der Waals surface area contributed by atoms with E-state index in [1.54, 1.807) is 0 Å². The smallest absolute Gasteiger partial charge is 0.0748 e. The van der Waals surface area contributed by atoms with Gasteiger partial charge in [0.1, 0.15) is 0 Å². The Morgan fingerprint density at radius 3 is 2.94 bits per heavy atom. The van der Waals surface area contributed by atoms with E-state index in [4.69, 9.17) is 10.5 Å². The standard InChI is InChI=1S/C14H23N3O/c1-4-12-9-17(5-6-18-12)14-7-10(2)16-11(3)13(14)8-15/h7,12H,4-6,8-9,15H2,1-3H3. The van der Waals surface area contributed by atoms with E-state index in [0.29, 0.717) is 12.6 Å². The van der Waals surface area contributed by atoms with Gasteiger partial charge in [-0.1, -0.05) is 6.92 Å². The SMILES string of the molecule is CCC1CN(c2cc(C)nc(C)c2CN)CCO1. The fourth-order valence-corrected chi connectivity index (χ4v) is 2.55. The molecule has 0 aliphatic carbocycles. The number of aryl methyl sites for hydroxylation is 2. The van der Waals surface area contributed by atoms with E-state index in [-0.39, 0.29) is 0 Å².